The monoisotopic (exact) mass is 250 g/mol. The van der Waals surface area contributed by atoms with Gasteiger partial charge in [-0.05, 0) is 5.56 Å². The molecule has 0 aromatic carbocycles. The molecule has 0 saturated heterocycles. The topological polar surface area (TPSA) is 76.2 Å². The summed E-state index contributed by atoms with van der Waals surface area (Å²) in [6.45, 7) is -0.204. The average Bonchev–Trinajstić information content (AvgIpc) is 2.19. The minimum atomic E-state index is -2.75. The van der Waals surface area contributed by atoms with E-state index in [2.05, 4.69) is 4.98 Å². The number of aromatic nitrogens is 1. The number of carbonyl (C=O) groups is 1. The summed E-state index contributed by atoms with van der Waals surface area (Å²) in [6, 6.07) is 0. The maximum Gasteiger partial charge on any atom is 0.307 e. The zero-order chi connectivity index (χ0) is 12.3. The number of nitrogens with two attached hydrogens (primary N) is 1. The molecule has 3 N–H and O–H groups in total. The van der Waals surface area contributed by atoms with Gasteiger partial charge >= 0.3 is 5.97 Å². The molecule has 4 nitrogen and oxygen atoms in total. The molecule has 1 aromatic rings. The van der Waals surface area contributed by atoms with E-state index >= 15 is 0 Å². The van der Waals surface area contributed by atoms with Crippen molar-refractivity contribution in [1.29, 1.82) is 0 Å². The van der Waals surface area contributed by atoms with Crippen molar-refractivity contribution in [3.63, 3.8) is 0 Å². The van der Waals surface area contributed by atoms with Gasteiger partial charge in [0.05, 0.1) is 6.42 Å². The fourth-order valence-electron chi connectivity index (χ4n) is 1.34. The Balaban J connectivity index is 3.32. The summed E-state index contributed by atoms with van der Waals surface area (Å²) >= 11 is 5.65. The number of nitrogens with zero attached hydrogens (tertiary/aromatic N) is 1. The summed E-state index contributed by atoms with van der Waals surface area (Å²) in [7, 11) is 0. The number of hydrogen-bond acceptors (Lipinski definition) is 3. The van der Waals surface area contributed by atoms with Crippen LogP contribution in [0, 0.1) is 0 Å². The Kier molecular flexibility index (Phi) is 4.14. The van der Waals surface area contributed by atoms with E-state index in [-0.39, 0.29) is 28.4 Å². The molecule has 0 aliphatic rings. The Morgan fingerprint density at radius 2 is 2.19 bits per heavy atom. The van der Waals surface area contributed by atoms with Crippen LogP contribution in [0.5, 0.6) is 0 Å². The van der Waals surface area contributed by atoms with E-state index in [0.29, 0.717) is 0 Å². The molecule has 1 heterocycles. The second-order valence-corrected chi connectivity index (χ2v) is 3.39. The number of carboxylic acid groups (broad SMARTS) is 1. The molecule has 0 atom stereocenters. The molecule has 0 unspecified atom stereocenters. The lowest BCUT2D eigenvalue weighted by Crippen LogP contribution is -2.12. The largest absolute Gasteiger partial charge is 0.481 e. The molecule has 0 bridgehead atoms. The SMILES string of the molecule is NCc1c(C(F)F)cnc(Cl)c1CC(=O)O. The first-order valence-electron chi connectivity index (χ1n) is 4.33. The molecule has 0 saturated carbocycles. The van der Waals surface area contributed by atoms with Gasteiger partial charge in [-0.2, -0.15) is 0 Å². The van der Waals surface area contributed by atoms with Crippen LogP contribution in [0.1, 0.15) is 23.1 Å². The van der Waals surface area contributed by atoms with Crippen LogP contribution in [0.4, 0.5) is 8.78 Å². The van der Waals surface area contributed by atoms with Gasteiger partial charge in [0.1, 0.15) is 5.15 Å². The van der Waals surface area contributed by atoms with Crippen molar-refractivity contribution in [1.82, 2.24) is 4.98 Å². The van der Waals surface area contributed by atoms with E-state index in [9.17, 15) is 13.6 Å². The quantitative estimate of drug-likeness (QED) is 0.799. The van der Waals surface area contributed by atoms with Gasteiger partial charge in [-0.15, -0.1) is 0 Å². The van der Waals surface area contributed by atoms with E-state index in [4.69, 9.17) is 22.4 Å². The van der Waals surface area contributed by atoms with Crippen LogP contribution in [0.2, 0.25) is 5.15 Å². The van der Waals surface area contributed by atoms with Crippen molar-refractivity contribution in [3.8, 4) is 0 Å². The molecule has 1 rings (SSSR count). The molecule has 0 amide bonds. The minimum Gasteiger partial charge on any atom is -0.481 e. The normalized spacial score (nSPS) is 10.8. The van der Waals surface area contributed by atoms with Gasteiger partial charge in [0.2, 0.25) is 0 Å². The van der Waals surface area contributed by atoms with Gasteiger partial charge in [-0.3, -0.25) is 4.79 Å². The summed E-state index contributed by atoms with van der Waals surface area (Å²) in [5, 5.41) is 8.52. The first-order chi connectivity index (χ1) is 7.47. The molecular weight excluding hydrogens is 242 g/mol. The van der Waals surface area contributed by atoms with Crippen LogP contribution in [-0.2, 0) is 17.8 Å². The van der Waals surface area contributed by atoms with E-state index in [1.54, 1.807) is 0 Å². The molecule has 0 aliphatic heterocycles. The molecule has 7 heteroatoms. The fourth-order valence-corrected chi connectivity index (χ4v) is 1.57. The second-order valence-electron chi connectivity index (χ2n) is 3.04. The Morgan fingerprint density at radius 3 is 2.62 bits per heavy atom. The number of alkyl halides is 2. The average molecular weight is 251 g/mol. The van der Waals surface area contributed by atoms with Crippen LogP contribution in [-0.4, -0.2) is 16.1 Å². The Bertz CT molecular complexity index is 413. The van der Waals surface area contributed by atoms with Crippen molar-refractivity contribution in [2.24, 2.45) is 5.73 Å². The first-order valence-corrected chi connectivity index (χ1v) is 4.71. The van der Waals surface area contributed by atoms with E-state index in [1.807, 2.05) is 0 Å². The number of aliphatic carboxylic acids is 1. The highest BCUT2D eigenvalue weighted by atomic mass is 35.5. The fraction of sp³-hybridized carbons (Fsp3) is 0.333. The third kappa shape index (κ3) is 2.65. The Hall–Kier alpha value is -1.27. The third-order valence-corrected chi connectivity index (χ3v) is 2.37. The molecule has 16 heavy (non-hydrogen) atoms. The van der Waals surface area contributed by atoms with Crippen LogP contribution in [0.15, 0.2) is 6.20 Å². The van der Waals surface area contributed by atoms with Gasteiger partial charge in [0.25, 0.3) is 6.43 Å². The number of halogens is 3. The first kappa shape index (κ1) is 12.8. The van der Waals surface area contributed by atoms with Gasteiger partial charge in [0, 0.05) is 23.9 Å². The van der Waals surface area contributed by atoms with Crippen molar-refractivity contribution < 1.29 is 18.7 Å². The number of carboxylic acids is 1. The predicted octanol–water partition coefficient (Wildman–Crippen LogP) is 1.76. The molecule has 0 spiro atoms. The number of rotatable bonds is 4. The highest BCUT2D eigenvalue weighted by molar-refractivity contribution is 6.30. The summed E-state index contributed by atoms with van der Waals surface area (Å²) in [4.78, 5) is 14.1. The van der Waals surface area contributed by atoms with Gasteiger partial charge < -0.3 is 10.8 Å². The highest BCUT2D eigenvalue weighted by Crippen LogP contribution is 2.28. The smallest absolute Gasteiger partial charge is 0.307 e. The van der Waals surface area contributed by atoms with Crippen LogP contribution >= 0.6 is 11.6 Å². The second kappa shape index (κ2) is 5.18. The maximum absolute atomic E-state index is 12.6. The molecule has 88 valence electrons. The number of pyridine rings is 1. The van der Waals surface area contributed by atoms with Crippen molar-refractivity contribution in [2.75, 3.05) is 0 Å². The van der Waals surface area contributed by atoms with Gasteiger partial charge in [-0.1, -0.05) is 11.6 Å². The lowest BCUT2D eigenvalue weighted by molar-refractivity contribution is -0.136. The van der Waals surface area contributed by atoms with Crippen molar-refractivity contribution in [3.05, 3.63) is 28.0 Å². The minimum absolute atomic E-state index is 0.0504. The highest BCUT2D eigenvalue weighted by Gasteiger charge is 2.20. The maximum atomic E-state index is 12.6. The molecule has 0 fully saturated rings. The van der Waals surface area contributed by atoms with Crippen LogP contribution in [0.25, 0.3) is 0 Å². The summed E-state index contributed by atoms with van der Waals surface area (Å²) < 4.78 is 25.2. The van der Waals surface area contributed by atoms with Gasteiger partial charge in [0.15, 0.2) is 0 Å². The zero-order valence-corrected chi connectivity index (χ0v) is 8.84. The van der Waals surface area contributed by atoms with E-state index in [1.165, 1.54) is 0 Å². The summed E-state index contributed by atoms with van der Waals surface area (Å²) in [5.41, 5.74) is 5.05. The summed E-state index contributed by atoms with van der Waals surface area (Å²) in [6.07, 6.45) is -2.31. The predicted molar refractivity (Wildman–Crippen MR) is 53.4 cm³/mol. The molecular formula is C9H9ClF2N2O2. The Morgan fingerprint density at radius 1 is 1.56 bits per heavy atom. The van der Waals surface area contributed by atoms with E-state index in [0.717, 1.165) is 6.20 Å². The third-order valence-electron chi connectivity index (χ3n) is 2.05. The zero-order valence-electron chi connectivity index (χ0n) is 8.08. The lowest BCUT2D eigenvalue weighted by Gasteiger charge is -2.12. The summed E-state index contributed by atoms with van der Waals surface area (Å²) in [5.74, 6) is -1.18. The Labute approximate surface area is 95.0 Å². The molecule has 0 aliphatic carbocycles. The van der Waals surface area contributed by atoms with Crippen LogP contribution in [0.3, 0.4) is 0 Å². The lowest BCUT2D eigenvalue weighted by atomic mass is 10.0. The standard InChI is InChI=1S/C9H9ClF2N2O2/c10-8-4(1-7(15)16)5(2-13)6(3-14-8)9(11)12/h3,9H,1-2,13H2,(H,15,16). The van der Waals surface area contributed by atoms with E-state index < -0.39 is 18.8 Å². The molecule has 1 aromatic heterocycles. The van der Waals surface area contributed by atoms with Crippen LogP contribution < -0.4 is 5.73 Å². The van der Waals surface area contributed by atoms with Crippen molar-refractivity contribution in [2.45, 2.75) is 19.4 Å². The van der Waals surface area contributed by atoms with Gasteiger partial charge in [-0.25, -0.2) is 13.8 Å². The molecule has 0 radical (unpaired) electrons. The number of hydrogen-bond donors (Lipinski definition) is 2. The van der Waals surface area contributed by atoms with Crippen molar-refractivity contribution >= 4 is 17.6 Å².